The molecular formula is C17H22N2. The van der Waals surface area contributed by atoms with Gasteiger partial charge >= 0.3 is 0 Å². The van der Waals surface area contributed by atoms with Crippen LogP contribution in [0.1, 0.15) is 16.7 Å². The molecule has 100 valence electrons. The fourth-order valence-corrected chi connectivity index (χ4v) is 2.27. The molecule has 1 N–H and O–H groups in total. The maximum Gasteiger partial charge on any atom is 0.0400 e. The summed E-state index contributed by atoms with van der Waals surface area (Å²) in [6.45, 7) is 5.14. The third kappa shape index (κ3) is 3.75. The summed E-state index contributed by atoms with van der Waals surface area (Å²) < 4.78 is 0. The van der Waals surface area contributed by atoms with Crippen LogP contribution >= 0.6 is 0 Å². The van der Waals surface area contributed by atoms with E-state index in [1.165, 1.54) is 22.4 Å². The SMILES string of the molecule is Cc1cc(C)cc(CNc2cccc(N(C)C)c2)c1. The quantitative estimate of drug-likeness (QED) is 0.887. The Labute approximate surface area is 116 Å². The van der Waals surface area contributed by atoms with Crippen molar-refractivity contribution in [1.29, 1.82) is 0 Å². The van der Waals surface area contributed by atoms with Crippen molar-refractivity contribution in [3.63, 3.8) is 0 Å². The molecule has 0 saturated carbocycles. The molecular weight excluding hydrogens is 232 g/mol. The first-order valence-corrected chi connectivity index (χ1v) is 6.63. The van der Waals surface area contributed by atoms with Crippen molar-refractivity contribution in [1.82, 2.24) is 0 Å². The van der Waals surface area contributed by atoms with E-state index in [0.717, 1.165) is 12.2 Å². The molecule has 2 rings (SSSR count). The summed E-state index contributed by atoms with van der Waals surface area (Å²) in [5.41, 5.74) is 6.33. The molecule has 0 heterocycles. The number of nitrogens with zero attached hydrogens (tertiary/aromatic N) is 1. The van der Waals surface area contributed by atoms with Gasteiger partial charge in [0.15, 0.2) is 0 Å². The molecule has 0 spiro atoms. The van der Waals surface area contributed by atoms with Crippen LogP contribution in [0.15, 0.2) is 42.5 Å². The van der Waals surface area contributed by atoms with E-state index in [1.54, 1.807) is 0 Å². The van der Waals surface area contributed by atoms with Crippen LogP contribution in [0.4, 0.5) is 11.4 Å². The fraction of sp³-hybridized carbons (Fsp3) is 0.294. The molecule has 0 aliphatic rings. The highest BCUT2D eigenvalue weighted by Gasteiger charge is 1.99. The molecule has 0 aliphatic carbocycles. The molecule has 0 aliphatic heterocycles. The normalized spacial score (nSPS) is 10.3. The Balaban J connectivity index is 2.07. The Morgan fingerprint density at radius 3 is 2.26 bits per heavy atom. The van der Waals surface area contributed by atoms with Crippen LogP contribution in [-0.4, -0.2) is 14.1 Å². The predicted molar refractivity (Wildman–Crippen MR) is 84.0 cm³/mol. The lowest BCUT2D eigenvalue weighted by molar-refractivity contribution is 1.11. The van der Waals surface area contributed by atoms with Crippen molar-refractivity contribution >= 4 is 11.4 Å². The first-order chi connectivity index (χ1) is 9.04. The van der Waals surface area contributed by atoms with Gasteiger partial charge in [-0.25, -0.2) is 0 Å². The van der Waals surface area contributed by atoms with Gasteiger partial charge in [-0.3, -0.25) is 0 Å². The third-order valence-corrected chi connectivity index (χ3v) is 3.14. The minimum absolute atomic E-state index is 0.861. The van der Waals surface area contributed by atoms with Gasteiger partial charge in [-0.1, -0.05) is 35.4 Å². The zero-order valence-corrected chi connectivity index (χ0v) is 12.2. The molecule has 0 amide bonds. The van der Waals surface area contributed by atoms with Gasteiger partial charge in [0.2, 0.25) is 0 Å². The largest absolute Gasteiger partial charge is 0.381 e. The zero-order valence-electron chi connectivity index (χ0n) is 12.2. The molecule has 0 aromatic heterocycles. The molecule has 0 radical (unpaired) electrons. The van der Waals surface area contributed by atoms with Crippen molar-refractivity contribution in [3.05, 3.63) is 59.2 Å². The fourth-order valence-electron chi connectivity index (χ4n) is 2.27. The van der Waals surface area contributed by atoms with Crippen molar-refractivity contribution in [2.45, 2.75) is 20.4 Å². The number of aryl methyl sites for hydroxylation is 2. The van der Waals surface area contributed by atoms with Gasteiger partial charge in [0.25, 0.3) is 0 Å². The monoisotopic (exact) mass is 254 g/mol. The van der Waals surface area contributed by atoms with Crippen molar-refractivity contribution in [2.24, 2.45) is 0 Å². The summed E-state index contributed by atoms with van der Waals surface area (Å²) >= 11 is 0. The third-order valence-electron chi connectivity index (χ3n) is 3.14. The lowest BCUT2D eigenvalue weighted by atomic mass is 10.1. The number of benzene rings is 2. The minimum Gasteiger partial charge on any atom is -0.381 e. The second-order valence-electron chi connectivity index (χ2n) is 5.29. The first kappa shape index (κ1) is 13.5. The van der Waals surface area contributed by atoms with Crippen LogP contribution in [0.25, 0.3) is 0 Å². The van der Waals surface area contributed by atoms with Crippen LogP contribution < -0.4 is 10.2 Å². The Hall–Kier alpha value is -1.96. The molecule has 2 nitrogen and oxygen atoms in total. The summed E-state index contributed by atoms with van der Waals surface area (Å²) in [5.74, 6) is 0. The predicted octanol–water partition coefficient (Wildman–Crippen LogP) is 3.98. The van der Waals surface area contributed by atoms with E-state index in [4.69, 9.17) is 0 Å². The second kappa shape index (κ2) is 5.79. The maximum atomic E-state index is 3.48. The van der Waals surface area contributed by atoms with Gasteiger partial charge in [-0.15, -0.1) is 0 Å². The topological polar surface area (TPSA) is 15.3 Å². The number of rotatable bonds is 4. The maximum absolute atomic E-state index is 3.48. The zero-order chi connectivity index (χ0) is 13.8. The van der Waals surface area contributed by atoms with Crippen LogP contribution in [0.5, 0.6) is 0 Å². The minimum atomic E-state index is 0.861. The molecule has 19 heavy (non-hydrogen) atoms. The van der Waals surface area contributed by atoms with Gasteiger partial charge in [-0.2, -0.15) is 0 Å². The molecule has 0 fully saturated rings. The van der Waals surface area contributed by atoms with Crippen LogP contribution in [-0.2, 0) is 6.54 Å². The number of hydrogen-bond acceptors (Lipinski definition) is 2. The van der Waals surface area contributed by atoms with Gasteiger partial charge in [0.05, 0.1) is 0 Å². The van der Waals surface area contributed by atoms with Gasteiger partial charge in [0, 0.05) is 32.0 Å². The molecule has 2 aromatic rings. The van der Waals surface area contributed by atoms with Gasteiger partial charge in [0.1, 0.15) is 0 Å². The summed E-state index contributed by atoms with van der Waals surface area (Å²) in [5, 5.41) is 3.48. The Bertz CT molecular complexity index is 539. The second-order valence-corrected chi connectivity index (χ2v) is 5.29. The average Bonchev–Trinajstić information content (AvgIpc) is 2.35. The number of anilines is 2. The lowest BCUT2D eigenvalue weighted by Crippen LogP contribution is -2.09. The van der Waals surface area contributed by atoms with Crippen LogP contribution in [0.3, 0.4) is 0 Å². The lowest BCUT2D eigenvalue weighted by Gasteiger charge is -2.14. The summed E-state index contributed by atoms with van der Waals surface area (Å²) in [6, 6.07) is 15.1. The molecule has 0 unspecified atom stereocenters. The number of nitrogens with one attached hydrogen (secondary N) is 1. The summed E-state index contributed by atoms with van der Waals surface area (Å²) in [7, 11) is 4.12. The van der Waals surface area contributed by atoms with Crippen molar-refractivity contribution in [3.8, 4) is 0 Å². The highest BCUT2D eigenvalue weighted by molar-refractivity contribution is 5.57. The summed E-state index contributed by atoms with van der Waals surface area (Å²) in [4.78, 5) is 2.11. The first-order valence-electron chi connectivity index (χ1n) is 6.63. The van der Waals surface area contributed by atoms with Gasteiger partial charge in [-0.05, 0) is 37.6 Å². The summed E-state index contributed by atoms with van der Waals surface area (Å²) in [6.07, 6.45) is 0. The van der Waals surface area contributed by atoms with Crippen LogP contribution in [0, 0.1) is 13.8 Å². The average molecular weight is 254 g/mol. The molecule has 0 saturated heterocycles. The molecule has 2 aromatic carbocycles. The Morgan fingerprint density at radius 2 is 1.63 bits per heavy atom. The van der Waals surface area contributed by atoms with E-state index in [1.807, 2.05) is 0 Å². The number of hydrogen-bond donors (Lipinski definition) is 1. The van der Waals surface area contributed by atoms with E-state index >= 15 is 0 Å². The van der Waals surface area contributed by atoms with E-state index < -0.39 is 0 Å². The Kier molecular flexibility index (Phi) is 4.10. The highest BCUT2D eigenvalue weighted by atomic mass is 15.1. The van der Waals surface area contributed by atoms with Crippen molar-refractivity contribution < 1.29 is 0 Å². The van der Waals surface area contributed by atoms with Crippen molar-refractivity contribution in [2.75, 3.05) is 24.3 Å². The molecule has 2 heteroatoms. The van der Waals surface area contributed by atoms with Gasteiger partial charge < -0.3 is 10.2 Å². The van der Waals surface area contributed by atoms with E-state index in [-0.39, 0.29) is 0 Å². The van der Waals surface area contributed by atoms with E-state index in [0.29, 0.717) is 0 Å². The Morgan fingerprint density at radius 1 is 0.947 bits per heavy atom. The van der Waals surface area contributed by atoms with Crippen LogP contribution in [0.2, 0.25) is 0 Å². The molecule has 0 bridgehead atoms. The smallest absolute Gasteiger partial charge is 0.0400 e. The molecule has 0 atom stereocenters. The van der Waals surface area contributed by atoms with E-state index in [9.17, 15) is 0 Å². The standard InChI is InChI=1S/C17H22N2/c1-13-8-14(2)10-15(9-13)12-18-16-6-5-7-17(11-16)19(3)4/h5-11,18H,12H2,1-4H3. The van der Waals surface area contributed by atoms with E-state index in [2.05, 4.69) is 80.6 Å². The highest BCUT2D eigenvalue weighted by Crippen LogP contribution is 2.18.